The van der Waals surface area contributed by atoms with Crippen LogP contribution in [0.3, 0.4) is 0 Å². The maximum Gasteiger partial charge on any atom is 0.223 e. The molecule has 2 unspecified atom stereocenters. The van der Waals surface area contributed by atoms with Crippen molar-refractivity contribution in [3.05, 3.63) is 29.3 Å². The van der Waals surface area contributed by atoms with E-state index in [1.165, 1.54) is 5.56 Å². The van der Waals surface area contributed by atoms with Gasteiger partial charge in [-0.2, -0.15) is 0 Å². The zero-order valence-electron chi connectivity index (χ0n) is 13.6. The first kappa shape index (κ1) is 18.8. The van der Waals surface area contributed by atoms with E-state index in [1.807, 2.05) is 26.0 Å². The van der Waals surface area contributed by atoms with Crippen LogP contribution < -0.4 is 15.4 Å². The quantitative estimate of drug-likeness (QED) is 0.874. The SMILES string of the molecule is Cc1ccc(C)c(OCCC(=O)NC2CCNCC2C)c1.Cl. The molecule has 1 heterocycles. The van der Waals surface area contributed by atoms with Gasteiger partial charge in [-0.3, -0.25) is 4.79 Å². The number of benzene rings is 1. The van der Waals surface area contributed by atoms with Gasteiger partial charge in [-0.1, -0.05) is 19.1 Å². The Morgan fingerprint density at radius 3 is 2.91 bits per heavy atom. The third-order valence-electron chi connectivity index (χ3n) is 4.06. The van der Waals surface area contributed by atoms with Crippen molar-refractivity contribution in [2.24, 2.45) is 5.92 Å². The molecule has 1 aliphatic heterocycles. The van der Waals surface area contributed by atoms with Crippen LogP contribution in [0.1, 0.15) is 30.9 Å². The number of ether oxygens (including phenoxy) is 1. The van der Waals surface area contributed by atoms with Crippen molar-refractivity contribution in [1.29, 1.82) is 0 Å². The van der Waals surface area contributed by atoms with Crippen molar-refractivity contribution in [2.45, 2.75) is 39.7 Å². The Morgan fingerprint density at radius 2 is 2.18 bits per heavy atom. The van der Waals surface area contributed by atoms with Crippen molar-refractivity contribution in [3.8, 4) is 5.75 Å². The number of rotatable bonds is 5. The van der Waals surface area contributed by atoms with E-state index in [0.717, 1.165) is 30.8 Å². The molecule has 1 aromatic rings. The third kappa shape index (κ3) is 5.50. The van der Waals surface area contributed by atoms with Crippen LogP contribution in [0.25, 0.3) is 0 Å². The summed E-state index contributed by atoms with van der Waals surface area (Å²) in [5, 5.41) is 6.46. The van der Waals surface area contributed by atoms with E-state index in [9.17, 15) is 4.79 Å². The van der Waals surface area contributed by atoms with Crippen LogP contribution in [0.15, 0.2) is 18.2 Å². The van der Waals surface area contributed by atoms with Crippen LogP contribution in [-0.4, -0.2) is 31.6 Å². The monoisotopic (exact) mass is 326 g/mol. The summed E-state index contributed by atoms with van der Waals surface area (Å²) in [5.74, 6) is 1.44. The topological polar surface area (TPSA) is 50.4 Å². The largest absolute Gasteiger partial charge is 0.493 e. The molecule has 2 atom stereocenters. The molecule has 0 saturated carbocycles. The molecular weight excluding hydrogens is 300 g/mol. The lowest BCUT2D eigenvalue weighted by Gasteiger charge is -2.30. The molecule has 0 aromatic heterocycles. The van der Waals surface area contributed by atoms with E-state index in [2.05, 4.69) is 23.6 Å². The number of hydrogen-bond donors (Lipinski definition) is 2. The van der Waals surface area contributed by atoms with Crippen molar-refractivity contribution in [2.75, 3.05) is 19.7 Å². The number of carbonyl (C=O) groups excluding carboxylic acids is 1. The van der Waals surface area contributed by atoms with Gasteiger partial charge < -0.3 is 15.4 Å². The molecule has 2 N–H and O–H groups in total. The van der Waals surface area contributed by atoms with Gasteiger partial charge in [-0.05, 0) is 56.5 Å². The Bertz CT molecular complexity index is 494. The molecule has 1 aliphatic rings. The van der Waals surface area contributed by atoms with Gasteiger partial charge in [-0.25, -0.2) is 0 Å². The molecule has 1 fully saturated rings. The summed E-state index contributed by atoms with van der Waals surface area (Å²) in [7, 11) is 0. The lowest BCUT2D eigenvalue weighted by atomic mass is 9.95. The fourth-order valence-electron chi connectivity index (χ4n) is 2.62. The van der Waals surface area contributed by atoms with Crippen LogP contribution >= 0.6 is 12.4 Å². The molecule has 5 heteroatoms. The molecule has 1 saturated heterocycles. The number of nitrogens with one attached hydrogen (secondary N) is 2. The highest BCUT2D eigenvalue weighted by atomic mass is 35.5. The second-order valence-electron chi connectivity index (χ2n) is 6.01. The summed E-state index contributed by atoms with van der Waals surface area (Å²) in [6, 6.07) is 6.41. The second-order valence-corrected chi connectivity index (χ2v) is 6.01. The van der Waals surface area contributed by atoms with E-state index in [4.69, 9.17) is 4.74 Å². The molecule has 4 nitrogen and oxygen atoms in total. The number of carbonyl (C=O) groups is 1. The van der Waals surface area contributed by atoms with E-state index in [0.29, 0.717) is 25.0 Å². The molecule has 1 amide bonds. The maximum atomic E-state index is 12.0. The Kier molecular flexibility index (Phi) is 7.69. The average molecular weight is 327 g/mol. The fraction of sp³-hybridized carbons (Fsp3) is 0.588. The predicted octanol–water partition coefficient (Wildman–Crippen LogP) is 2.61. The first-order valence-electron chi connectivity index (χ1n) is 7.76. The summed E-state index contributed by atoms with van der Waals surface area (Å²) in [6.07, 6.45) is 1.41. The highest BCUT2D eigenvalue weighted by Gasteiger charge is 2.22. The second kappa shape index (κ2) is 9.01. The number of amides is 1. The number of hydrogen-bond acceptors (Lipinski definition) is 3. The molecule has 0 aliphatic carbocycles. The lowest BCUT2D eigenvalue weighted by molar-refractivity contribution is -0.122. The van der Waals surface area contributed by atoms with E-state index < -0.39 is 0 Å². The van der Waals surface area contributed by atoms with E-state index in [-0.39, 0.29) is 18.3 Å². The minimum absolute atomic E-state index is 0. The first-order chi connectivity index (χ1) is 10.1. The fourth-order valence-corrected chi connectivity index (χ4v) is 2.62. The number of piperidine rings is 1. The Morgan fingerprint density at radius 1 is 1.41 bits per heavy atom. The minimum Gasteiger partial charge on any atom is -0.493 e. The van der Waals surface area contributed by atoms with Gasteiger partial charge >= 0.3 is 0 Å². The molecule has 2 rings (SSSR count). The summed E-state index contributed by atoms with van der Waals surface area (Å²) < 4.78 is 5.73. The standard InChI is InChI=1S/C17H26N2O2.ClH/c1-12-4-5-13(2)16(10-12)21-9-7-17(20)19-15-6-8-18-11-14(15)3;/h4-5,10,14-15,18H,6-9,11H2,1-3H3,(H,19,20);1H. The predicted molar refractivity (Wildman–Crippen MR) is 91.9 cm³/mol. The van der Waals surface area contributed by atoms with Crippen molar-refractivity contribution in [1.82, 2.24) is 10.6 Å². The van der Waals surface area contributed by atoms with Gasteiger partial charge in [0.05, 0.1) is 13.0 Å². The molecule has 1 aromatic carbocycles. The van der Waals surface area contributed by atoms with Gasteiger partial charge in [-0.15, -0.1) is 12.4 Å². The maximum absolute atomic E-state index is 12.0. The Labute approximate surface area is 139 Å². The van der Waals surface area contributed by atoms with Crippen LogP contribution in [-0.2, 0) is 4.79 Å². The molecule has 22 heavy (non-hydrogen) atoms. The van der Waals surface area contributed by atoms with Gasteiger partial charge in [0, 0.05) is 6.04 Å². The molecule has 0 bridgehead atoms. The van der Waals surface area contributed by atoms with Gasteiger partial charge in [0.15, 0.2) is 0 Å². The van der Waals surface area contributed by atoms with Crippen LogP contribution in [0, 0.1) is 19.8 Å². The van der Waals surface area contributed by atoms with Gasteiger partial charge in [0.2, 0.25) is 5.91 Å². The molecule has 124 valence electrons. The third-order valence-corrected chi connectivity index (χ3v) is 4.06. The minimum atomic E-state index is 0. The highest BCUT2D eigenvalue weighted by Crippen LogP contribution is 2.19. The Hall–Kier alpha value is -1.26. The molecular formula is C17H27ClN2O2. The smallest absolute Gasteiger partial charge is 0.223 e. The van der Waals surface area contributed by atoms with Crippen molar-refractivity contribution in [3.63, 3.8) is 0 Å². The average Bonchev–Trinajstić information content (AvgIpc) is 2.45. The number of aryl methyl sites for hydroxylation is 2. The summed E-state index contributed by atoms with van der Waals surface area (Å²) in [5.41, 5.74) is 2.27. The molecule has 0 radical (unpaired) electrons. The summed E-state index contributed by atoms with van der Waals surface area (Å²) >= 11 is 0. The molecule has 0 spiro atoms. The normalized spacial score (nSPS) is 20.9. The Balaban J connectivity index is 0.00000242. The zero-order chi connectivity index (χ0) is 15.2. The van der Waals surface area contributed by atoms with Crippen molar-refractivity contribution >= 4 is 18.3 Å². The van der Waals surface area contributed by atoms with Crippen LogP contribution in [0.5, 0.6) is 5.75 Å². The van der Waals surface area contributed by atoms with E-state index in [1.54, 1.807) is 0 Å². The van der Waals surface area contributed by atoms with Gasteiger partial charge in [0.1, 0.15) is 5.75 Å². The zero-order valence-corrected chi connectivity index (χ0v) is 14.5. The van der Waals surface area contributed by atoms with Crippen LogP contribution in [0.4, 0.5) is 0 Å². The lowest BCUT2D eigenvalue weighted by Crippen LogP contribution is -2.48. The highest BCUT2D eigenvalue weighted by molar-refractivity contribution is 5.85. The van der Waals surface area contributed by atoms with Crippen LogP contribution in [0.2, 0.25) is 0 Å². The van der Waals surface area contributed by atoms with E-state index >= 15 is 0 Å². The summed E-state index contributed by atoms with van der Waals surface area (Å²) in [4.78, 5) is 12.0. The first-order valence-corrected chi connectivity index (χ1v) is 7.76. The van der Waals surface area contributed by atoms with Gasteiger partial charge in [0.25, 0.3) is 0 Å². The van der Waals surface area contributed by atoms with Crippen molar-refractivity contribution < 1.29 is 9.53 Å². The number of halogens is 1. The summed E-state index contributed by atoms with van der Waals surface area (Å²) in [6.45, 7) is 8.61.